The van der Waals surface area contributed by atoms with Gasteiger partial charge in [0.2, 0.25) is 0 Å². The van der Waals surface area contributed by atoms with E-state index in [0.29, 0.717) is 38.6 Å². The van der Waals surface area contributed by atoms with Gasteiger partial charge in [-0.05, 0) is 31.6 Å². The number of nitrogens with zero attached hydrogens (tertiary/aromatic N) is 1. The van der Waals surface area contributed by atoms with Gasteiger partial charge in [0.05, 0.1) is 19.8 Å². The lowest BCUT2D eigenvalue weighted by molar-refractivity contribution is -0.140. The third-order valence-electron chi connectivity index (χ3n) is 4.50. The van der Waals surface area contributed by atoms with Crippen LogP contribution in [0.2, 0.25) is 0 Å². The summed E-state index contributed by atoms with van der Waals surface area (Å²) in [5.74, 6) is 0.171. The normalized spacial score (nSPS) is 24.5. The SMILES string of the molecule is COCCOCCC(=O)CC1CCC(N2C(=O)C=CC2=O)CC1. The van der Waals surface area contributed by atoms with E-state index < -0.39 is 0 Å². The fourth-order valence-corrected chi connectivity index (χ4v) is 3.23. The van der Waals surface area contributed by atoms with Crippen molar-refractivity contribution in [3.63, 3.8) is 0 Å². The quantitative estimate of drug-likeness (QED) is 0.475. The summed E-state index contributed by atoms with van der Waals surface area (Å²) in [5, 5.41) is 0. The molecule has 1 heterocycles. The fourth-order valence-electron chi connectivity index (χ4n) is 3.23. The third-order valence-corrected chi connectivity index (χ3v) is 4.50. The minimum Gasteiger partial charge on any atom is -0.382 e. The molecule has 128 valence electrons. The van der Waals surface area contributed by atoms with Crippen LogP contribution in [0.3, 0.4) is 0 Å². The fraction of sp³-hybridized carbons (Fsp3) is 0.706. The van der Waals surface area contributed by atoms with Gasteiger partial charge in [0.15, 0.2) is 0 Å². The molecular formula is C17H25NO5. The van der Waals surface area contributed by atoms with E-state index in [1.54, 1.807) is 7.11 Å². The van der Waals surface area contributed by atoms with Crippen LogP contribution in [0.1, 0.15) is 38.5 Å². The van der Waals surface area contributed by atoms with Gasteiger partial charge < -0.3 is 9.47 Å². The number of hydrogen-bond acceptors (Lipinski definition) is 5. The van der Waals surface area contributed by atoms with Crippen LogP contribution in [0.15, 0.2) is 12.2 Å². The van der Waals surface area contributed by atoms with Gasteiger partial charge in [-0.1, -0.05) is 0 Å². The Bertz CT molecular complexity index is 448. The van der Waals surface area contributed by atoms with Crippen molar-refractivity contribution in [2.45, 2.75) is 44.6 Å². The standard InChI is InChI=1S/C17H25NO5/c1-22-10-11-23-9-8-15(19)12-13-2-4-14(5-3-13)18-16(20)6-7-17(18)21/h6-7,13-14H,2-5,8-12H2,1H3. The summed E-state index contributed by atoms with van der Waals surface area (Å²) in [6.07, 6.45) is 7.04. The molecule has 0 aromatic heterocycles. The van der Waals surface area contributed by atoms with Crippen LogP contribution in [0.5, 0.6) is 0 Å². The van der Waals surface area contributed by atoms with E-state index in [9.17, 15) is 14.4 Å². The molecule has 0 aromatic rings. The van der Waals surface area contributed by atoms with Gasteiger partial charge in [-0.3, -0.25) is 19.3 Å². The second kappa shape index (κ2) is 8.93. The Labute approximate surface area is 136 Å². The van der Waals surface area contributed by atoms with Crippen molar-refractivity contribution in [2.24, 2.45) is 5.92 Å². The molecule has 0 saturated heterocycles. The summed E-state index contributed by atoms with van der Waals surface area (Å²) >= 11 is 0. The van der Waals surface area contributed by atoms with E-state index in [-0.39, 0.29) is 23.6 Å². The molecule has 6 heteroatoms. The van der Waals surface area contributed by atoms with Gasteiger partial charge >= 0.3 is 0 Å². The summed E-state index contributed by atoms with van der Waals surface area (Å²) in [4.78, 5) is 36.7. The smallest absolute Gasteiger partial charge is 0.253 e. The molecule has 0 aromatic carbocycles. The highest BCUT2D eigenvalue weighted by atomic mass is 16.5. The molecule has 1 aliphatic carbocycles. The summed E-state index contributed by atoms with van der Waals surface area (Å²) in [6.45, 7) is 1.50. The van der Waals surface area contributed by atoms with Crippen LogP contribution in [0, 0.1) is 5.92 Å². The zero-order valence-corrected chi connectivity index (χ0v) is 13.7. The Hall–Kier alpha value is -1.53. The summed E-state index contributed by atoms with van der Waals surface area (Å²) in [6, 6.07) is -0.00581. The van der Waals surface area contributed by atoms with E-state index in [1.807, 2.05) is 0 Å². The van der Waals surface area contributed by atoms with Gasteiger partial charge in [-0.2, -0.15) is 0 Å². The maximum absolute atomic E-state index is 11.9. The van der Waals surface area contributed by atoms with Crippen LogP contribution in [-0.2, 0) is 23.9 Å². The average molecular weight is 323 g/mol. The molecule has 6 nitrogen and oxygen atoms in total. The number of methoxy groups -OCH3 is 1. The highest BCUT2D eigenvalue weighted by molar-refractivity contribution is 6.13. The average Bonchev–Trinajstić information content (AvgIpc) is 2.87. The molecule has 0 atom stereocenters. The minimum atomic E-state index is -0.206. The molecule has 1 saturated carbocycles. The van der Waals surface area contributed by atoms with Gasteiger partial charge in [0.1, 0.15) is 5.78 Å². The third kappa shape index (κ3) is 5.25. The van der Waals surface area contributed by atoms with Gasteiger partial charge in [0.25, 0.3) is 11.8 Å². The molecule has 2 amide bonds. The van der Waals surface area contributed by atoms with Crippen molar-refractivity contribution in [3.05, 3.63) is 12.2 Å². The first kappa shape index (κ1) is 17.8. The molecule has 2 aliphatic rings. The molecule has 23 heavy (non-hydrogen) atoms. The van der Waals surface area contributed by atoms with Crippen LogP contribution in [0.4, 0.5) is 0 Å². The number of amides is 2. The maximum Gasteiger partial charge on any atom is 0.253 e. The van der Waals surface area contributed by atoms with Crippen LogP contribution >= 0.6 is 0 Å². The van der Waals surface area contributed by atoms with Crippen molar-refractivity contribution < 1.29 is 23.9 Å². The van der Waals surface area contributed by atoms with E-state index >= 15 is 0 Å². The Balaban J connectivity index is 1.64. The van der Waals surface area contributed by atoms with E-state index in [2.05, 4.69) is 0 Å². The van der Waals surface area contributed by atoms with Crippen molar-refractivity contribution in [2.75, 3.05) is 26.9 Å². The number of ketones is 1. The predicted octanol–water partition coefficient (Wildman–Crippen LogP) is 1.48. The number of hydrogen-bond donors (Lipinski definition) is 0. The van der Waals surface area contributed by atoms with E-state index in [0.717, 1.165) is 25.7 Å². The molecule has 0 bridgehead atoms. The highest BCUT2D eigenvalue weighted by Gasteiger charge is 2.34. The second-order valence-corrected chi connectivity index (χ2v) is 6.15. The molecule has 2 rings (SSSR count). The Morgan fingerprint density at radius 3 is 2.35 bits per heavy atom. The van der Waals surface area contributed by atoms with E-state index in [1.165, 1.54) is 17.1 Å². The van der Waals surface area contributed by atoms with Crippen molar-refractivity contribution >= 4 is 17.6 Å². The molecule has 1 fully saturated rings. The zero-order valence-electron chi connectivity index (χ0n) is 13.7. The topological polar surface area (TPSA) is 72.9 Å². The summed E-state index contributed by atoms with van der Waals surface area (Å²) in [7, 11) is 1.62. The number of carbonyl (C=O) groups excluding carboxylic acids is 3. The lowest BCUT2D eigenvalue weighted by Crippen LogP contribution is -2.42. The van der Waals surface area contributed by atoms with Crippen molar-refractivity contribution in [1.29, 1.82) is 0 Å². The zero-order chi connectivity index (χ0) is 16.7. The lowest BCUT2D eigenvalue weighted by Gasteiger charge is -2.33. The summed E-state index contributed by atoms with van der Waals surface area (Å²) < 4.78 is 10.2. The molecule has 0 spiro atoms. The number of rotatable bonds is 9. The number of imide groups is 1. The first-order chi connectivity index (χ1) is 11.1. The number of carbonyl (C=O) groups is 3. The van der Waals surface area contributed by atoms with Crippen LogP contribution in [0.25, 0.3) is 0 Å². The minimum absolute atomic E-state index is 0.00581. The molecule has 1 aliphatic heterocycles. The first-order valence-electron chi connectivity index (χ1n) is 8.25. The first-order valence-corrected chi connectivity index (χ1v) is 8.25. The Kier molecular flexibility index (Phi) is 6.92. The van der Waals surface area contributed by atoms with E-state index in [4.69, 9.17) is 9.47 Å². The summed E-state index contributed by atoms with van der Waals surface area (Å²) in [5.41, 5.74) is 0. The highest BCUT2D eigenvalue weighted by Crippen LogP contribution is 2.31. The monoisotopic (exact) mass is 323 g/mol. The lowest BCUT2D eigenvalue weighted by atomic mass is 9.82. The number of ether oxygens (including phenoxy) is 2. The molecule has 0 N–H and O–H groups in total. The maximum atomic E-state index is 11.9. The van der Waals surface area contributed by atoms with Gasteiger partial charge in [-0.25, -0.2) is 0 Å². The largest absolute Gasteiger partial charge is 0.382 e. The van der Waals surface area contributed by atoms with Gasteiger partial charge in [0, 0.05) is 38.1 Å². The number of Topliss-reactive ketones (excluding diaryl/α,β-unsaturated/α-hetero) is 1. The van der Waals surface area contributed by atoms with Crippen molar-refractivity contribution in [3.8, 4) is 0 Å². The Morgan fingerprint density at radius 2 is 1.74 bits per heavy atom. The van der Waals surface area contributed by atoms with Crippen LogP contribution in [-0.4, -0.2) is 55.5 Å². The van der Waals surface area contributed by atoms with Gasteiger partial charge in [-0.15, -0.1) is 0 Å². The molecular weight excluding hydrogens is 298 g/mol. The molecule has 0 radical (unpaired) electrons. The predicted molar refractivity (Wildman–Crippen MR) is 83.7 cm³/mol. The molecule has 0 unspecified atom stereocenters. The second-order valence-electron chi connectivity index (χ2n) is 6.15. The Morgan fingerprint density at radius 1 is 1.09 bits per heavy atom. The van der Waals surface area contributed by atoms with Crippen molar-refractivity contribution in [1.82, 2.24) is 4.90 Å². The van der Waals surface area contributed by atoms with Crippen LogP contribution < -0.4 is 0 Å².